The Morgan fingerprint density at radius 2 is 2.12 bits per heavy atom. The van der Waals surface area contributed by atoms with Crippen LogP contribution in [0.1, 0.15) is 31.0 Å². The quantitative estimate of drug-likeness (QED) is 0.800. The van der Waals surface area contributed by atoms with Crippen molar-refractivity contribution in [1.82, 2.24) is 9.78 Å². The fraction of sp³-hybridized carbons (Fsp3) is 0.333. The molecule has 0 aliphatic heterocycles. The number of carboxylic acid groups (broad SMARTS) is 1. The SMILES string of the molecule is Cc1nn(C(=O)O)c2ccc(C(C)C)cc12. The zero-order valence-electron chi connectivity index (χ0n) is 9.56. The number of hydrogen-bond acceptors (Lipinski definition) is 2. The molecular formula is C12H14N2O2. The first kappa shape index (κ1) is 10.7. The van der Waals surface area contributed by atoms with Crippen LogP contribution in [-0.4, -0.2) is 21.0 Å². The van der Waals surface area contributed by atoms with Gasteiger partial charge in [-0.25, -0.2) is 4.79 Å². The highest BCUT2D eigenvalue weighted by molar-refractivity contribution is 5.89. The van der Waals surface area contributed by atoms with Gasteiger partial charge < -0.3 is 5.11 Å². The molecule has 1 aromatic heterocycles. The Bertz CT molecular complexity index is 555. The van der Waals surface area contributed by atoms with E-state index in [9.17, 15) is 4.79 Å². The highest BCUT2D eigenvalue weighted by atomic mass is 16.4. The monoisotopic (exact) mass is 218 g/mol. The van der Waals surface area contributed by atoms with Crippen LogP contribution in [-0.2, 0) is 0 Å². The van der Waals surface area contributed by atoms with E-state index in [-0.39, 0.29) is 0 Å². The molecule has 0 unspecified atom stereocenters. The van der Waals surface area contributed by atoms with Crippen LogP contribution in [0.15, 0.2) is 18.2 Å². The number of fused-ring (bicyclic) bond motifs is 1. The van der Waals surface area contributed by atoms with Crippen LogP contribution in [0, 0.1) is 6.92 Å². The molecule has 1 N–H and O–H groups in total. The lowest BCUT2D eigenvalue weighted by atomic mass is 10.0. The van der Waals surface area contributed by atoms with Crippen molar-refractivity contribution in [2.24, 2.45) is 0 Å². The van der Waals surface area contributed by atoms with E-state index in [0.717, 1.165) is 15.8 Å². The van der Waals surface area contributed by atoms with Gasteiger partial charge in [0.25, 0.3) is 0 Å². The summed E-state index contributed by atoms with van der Waals surface area (Å²) in [6, 6.07) is 5.79. The molecule has 0 fully saturated rings. The summed E-state index contributed by atoms with van der Waals surface area (Å²) >= 11 is 0. The van der Waals surface area contributed by atoms with Gasteiger partial charge in [0.15, 0.2) is 0 Å². The minimum absolute atomic E-state index is 0.428. The fourth-order valence-corrected chi connectivity index (χ4v) is 1.79. The minimum atomic E-state index is -1.05. The number of aryl methyl sites for hydroxylation is 1. The molecule has 84 valence electrons. The van der Waals surface area contributed by atoms with E-state index < -0.39 is 6.09 Å². The minimum Gasteiger partial charge on any atom is -0.463 e. The lowest BCUT2D eigenvalue weighted by Gasteiger charge is -2.04. The first-order chi connectivity index (χ1) is 7.50. The van der Waals surface area contributed by atoms with Crippen molar-refractivity contribution in [2.75, 3.05) is 0 Å². The summed E-state index contributed by atoms with van der Waals surface area (Å²) in [5.41, 5.74) is 2.59. The Balaban J connectivity index is 2.71. The summed E-state index contributed by atoms with van der Waals surface area (Å²) in [7, 11) is 0. The smallest absolute Gasteiger partial charge is 0.432 e. The van der Waals surface area contributed by atoms with Crippen LogP contribution in [0.25, 0.3) is 10.9 Å². The Morgan fingerprint density at radius 3 is 2.69 bits per heavy atom. The maximum atomic E-state index is 10.9. The first-order valence-corrected chi connectivity index (χ1v) is 5.23. The van der Waals surface area contributed by atoms with Crippen molar-refractivity contribution < 1.29 is 9.90 Å². The molecular weight excluding hydrogens is 204 g/mol. The Kier molecular flexibility index (Phi) is 2.42. The van der Waals surface area contributed by atoms with Crippen LogP contribution in [0.4, 0.5) is 4.79 Å². The maximum absolute atomic E-state index is 10.9. The van der Waals surface area contributed by atoms with Crippen molar-refractivity contribution >= 4 is 17.0 Å². The van der Waals surface area contributed by atoms with Gasteiger partial charge in [-0.3, -0.25) is 0 Å². The van der Waals surface area contributed by atoms with Crippen molar-refractivity contribution in [3.63, 3.8) is 0 Å². The molecule has 0 aliphatic rings. The number of nitrogens with zero attached hydrogens (tertiary/aromatic N) is 2. The van der Waals surface area contributed by atoms with Crippen molar-refractivity contribution in [3.05, 3.63) is 29.5 Å². The number of carbonyl (C=O) groups is 1. The maximum Gasteiger partial charge on any atom is 0.432 e. The predicted octanol–water partition coefficient (Wildman–Crippen LogP) is 2.99. The van der Waals surface area contributed by atoms with E-state index in [4.69, 9.17) is 5.11 Å². The van der Waals surface area contributed by atoms with E-state index in [1.54, 1.807) is 0 Å². The first-order valence-electron chi connectivity index (χ1n) is 5.23. The predicted molar refractivity (Wildman–Crippen MR) is 62.0 cm³/mol. The molecule has 4 heteroatoms. The number of aromatic nitrogens is 2. The third-order valence-corrected chi connectivity index (χ3v) is 2.74. The molecule has 0 atom stereocenters. The second kappa shape index (κ2) is 3.63. The van der Waals surface area contributed by atoms with Crippen LogP contribution in [0.5, 0.6) is 0 Å². The zero-order chi connectivity index (χ0) is 11.9. The van der Waals surface area contributed by atoms with Crippen molar-refractivity contribution in [2.45, 2.75) is 26.7 Å². The Morgan fingerprint density at radius 1 is 1.44 bits per heavy atom. The molecule has 2 aromatic rings. The van der Waals surface area contributed by atoms with Gasteiger partial charge in [-0.05, 0) is 30.5 Å². The van der Waals surface area contributed by atoms with Crippen LogP contribution in [0.2, 0.25) is 0 Å². The third-order valence-electron chi connectivity index (χ3n) is 2.74. The summed E-state index contributed by atoms with van der Waals surface area (Å²) in [6.07, 6.45) is -1.05. The standard InChI is InChI=1S/C12H14N2O2/c1-7(2)9-4-5-11-10(6-9)8(3)13-14(11)12(15)16/h4-7H,1-3H3,(H,15,16). The van der Waals surface area contributed by atoms with E-state index in [2.05, 4.69) is 18.9 Å². The van der Waals surface area contributed by atoms with Gasteiger partial charge >= 0.3 is 6.09 Å². The summed E-state index contributed by atoms with van der Waals surface area (Å²) in [6.45, 7) is 6.04. The van der Waals surface area contributed by atoms with Crippen LogP contribution < -0.4 is 0 Å². The second-order valence-corrected chi connectivity index (χ2v) is 4.21. The number of rotatable bonds is 1. The van der Waals surface area contributed by atoms with Crippen LogP contribution in [0.3, 0.4) is 0 Å². The molecule has 1 aromatic carbocycles. The summed E-state index contributed by atoms with van der Waals surface area (Å²) < 4.78 is 1.02. The lowest BCUT2D eigenvalue weighted by Crippen LogP contribution is -2.09. The molecule has 4 nitrogen and oxygen atoms in total. The fourth-order valence-electron chi connectivity index (χ4n) is 1.79. The lowest BCUT2D eigenvalue weighted by molar-refractivity contribution is 0.194. The molecule has 0 spiro atoms. The molecule has 16 heavy (non-hydrogen) atoms. The van der Waals surface area contributed by atoms with Gasteiger partial charge in [0.2, 0.25) is 0 Å². The largest absolute Gasteiger partial charge is 0.463 e. The molecule has 0 saturated heterocycles. The Hall–Kier alpha value is -1.84. The molecule has 0 bridgehead atoms. The molecule has 0 saturated carbocycles. The average molecular weight is 218 g/mol. The van der Waals surface area contributed by atoms with E-state index in [0.29, 0.717) is 11.4 Å². The summed E-state index contributed by atoms with van der Waals surface area (Å²) in [5.74, 6) is 0.428. The van der Waals surface area contributed by atoms with E-state index in [1.165, 1.54) is 5.56 Å². The average Bonchev–Trinajstić information content (AvgIpc) is 2.56. The van der Waals surface area contributed by atoms with Crippen LogP contribution >= 0.6 is 0 Å². The molecule has 0 radical (unpaired) electrons. The number of hydrogen-bond donors (Lipinski definition) is 1. The van der Waals surface area contributed by atoms with Gasteiger partial charge in [-0.1, -0.05) is 19.9 Å². The second-order valence-electron chi connectivity index (χ2n) is 4.21. The van der Waals surface area contributed by atoms with Crippen molar-refractivity contribution in [3.8, 4) is 0 Å². The highest BCUT2D eigenvalue weighted by Gasteiger charge is 2.13. The molecule has 0 aliphatic carbocycles. The topological polar surface area (TPSA) is 55.1 Å². The van der Waals surface area contributed by atoms with Gasteiger partial charge in [0, 0.05) is 5.39 Å². The van der Waals surface area contributed by atoms with Gasteiger partial charge in [-0.15, -0.1) is 0 Å². The highest BCUT2D eigenvalue weighted by Crippen LogP contribution is 2.23. The van der Waals surface area contributed by atoms with Gasteiger partial charge in [-0.2, -0.15) is 9.78 Å². The number of benzene rings is 1. The van der Waals surface area contributed by atoms with Gasteiger partial charge in [0.05, 0.1) is 11.2 Å². The summed E-state index contributed by atoms with van der Waals surface area (Å²) in [5, 5.41) is 13.9. The Labute approximate surface area is 93.5 Å². The zero-order valence-corrected chi connectivity index (χ0v) is 9.56. The van der Waals surface area contributed by atoms with E-state index in [1.807, 2.05) is 25.1 Å². The molecule has 1 heterocycles. The molecule has 2 rings (SSSR count). The summed E-state index contributed by atoms with van der Waals surface area (Å²) in [4.78, 5) is 10.9. The van der Waals surface area contributed by atoms with Gasteiger partial charge in [0.1, 0.15) is 0 Å². The van der Waals surface area contributed by atoms with E-state index >= 15 is 0 Å². The normalized spacial score (nSPS) is 11.2. The van der Waals surface area contributed by atoms with Crippen molar-refractivity contribution in [1.29, 1.82) is 0 Å². The molecule has 0 amide bonds. The third kappa shape index (κ3) is 1.56.